The Hall–Kier alpha value is -1.88. The van der Waals surface area contributed by atoms with E-state index in [0.29, 0.717) is 25.9 Å². The van der Waals surface area contributed by atoms with E-state index in [1.807, 2.05) is 26.0 Å². The molecule has 0 saturated carbocycles. The number of nitrogens with one attached hydrogen (secondary N) is 1. The van der Waals surface area contributed by atoms with E-state index in [-0.39, 0.29) is 12.5 Å². The predicted octanol–water partition coefficient (Wildman–Crippen LogP) is 1.29. The van der Waals surface area contributed by atoms with Gasteiger partial charge >= 0.3 is 0 Å². The second kappa shape index (κ2) is 6.48. The Morgan fingerprint density at radius 3 is 2.73 bits per heavy atom. The molecule has 0 aliphatic carbocycles. The highest BCUT2D eigenvalue weighted by Gasteiger charge is 2.40. The van der Waals surface area contributed by atoms with E-state index >= 15 is 0 Å². The maximum absolute atomic E-state index is 12.3. The van der Waals surface area contributed by atoms with Crippen LogP contribution in [0.5, 0.6) is 0 Å². The summed E-state index contributed by atoms with van der Waals surface area (Å²) in [7, 11) is 0. The first-order valence-electron chi connectivity index (χ1n) is 7.64. The fourth-order valence-electron chi connectivity index (χ4n) is 2.87. The Bertz CT molecular complexity index is 585. The highest BCUT2D eigenvalue weighted by molar-refractivity contribution is 5.86. The van der Waals surface area contributed by atoms with E-state index in [1.165, 1.54) is 17.4 Å². The number of piperidine rings is 1. The third-order valence-corrected chi connectivity index (χ3v) is 4.28. The maximum atomic E-state index is 12.3. The molecule has 5 heteroatoms. The third-order valence-electron chi connectivity index (χ3n) is 4.28. The number of benzene rings is 1. The van der Waals surface area contributed by atoms with E-state index in [9.17, 15) is 14.7 Å². The Kier molecular flexibility index (Phi) is 4.86. The summed E-state index contributed by atoms with van der Waals surface area (Å²) in [5, 5.41) is 13.3. The molecule has 0 bridgehead atoms. The number of aliphatic hydroxyl groups is 1. The highest BCUT2D eigenvalue weighted by atomic mass is 16.3. The van der Waals surface area contributed by atoms with E-state index in [1.54, 1.807) is 0 Å². The summed E-state index contributed by atoms with van der Waals surface area (Å²) < 4.78 is 0. The van der Waals surface area contributed by atoms with Gasteiger partial charge < -0.3 is 15.3 Å². The minimum absolute atomic E-state index is 0.0705. The molecule has 1 aliphatic heterocycles. The first-order chi connectivity index (χ1) is 10.3. The summed E-state index contributed by atoms with van der Waals surface area (Å²) in [5.74, 6) is -0.515. The van der Waals surface area contributed by atoms with Crippen LogP contribution in [-0.2, 0) is 16.1 Å². The number of β-amino-alcohol motifs (C(OH)–C–C–N with tert-alkyl or cyclic N) is 1. The van der Waals surface area contributed by atoms with Crippen LogP contribution in [0.4, 0.5) is 0 Å². The molecule has 1 aliphatic rings. The molecule has 0 aromatic heterocycles. The molecule has 120 valence electrons. The topological polar surface area (TPSA) is 69.6 Å². The number of nitrogens with zero attached hydrogens (tertiary/aromatic N) is 1. The van der Waals surface area contributed by atoms with Gasteiger partial charge in [-0.1, -0.05) is 23.8 Å². The molecule has 1 aromatic carbocycles. The lowest BCUT2D eigenvalue weighted by molar-refractivity contribution is -0.150. The summed E-state index contributed by atoms with van der Waals surface area (Å²) in [6, 6.07) is 6.05. The normalized spacial score (nSPS) is 21.5. The van der Waals surface area contributed by atoms with Gasteiger partial charge in [0.15, 0.2) is 5.60 Å². The molecule has 2 amide bonds. The number of rotatable bonds is 3. The van der Waals surface area contributed by atoms with Crippen LogP contribution in [0.2, 0.25) is 0 Å². The van der Waals surface area contributed by atoms with Crippen LogP contribution in [-0.4, -0.2) is 40.5 Å². The van der Waals surface area contributed by atoms with Gasteiger partial charge in [0, 0.05) is 20.0 Å². The fraction of sp³-hybridized carbons (Fsp3) is 0.529. The zero-order chi connectivity index (χ0) is 16.3. The molecule has 0 spiro atoms. The molecular weight excluding hydrogens is 280 g/mol. The molecule has 2 N–H and O–H groups in total. The first-order valence-corrected chi connectivity index (χ1v) is 7.64. The van der Waals surface area contributed by atoms with E-state index in [2.05, 4.69) is 11.4 Å². The van der Waals surface area contributed by atoms with Gasteiger partial charge in [-0.05, 0) is 37.8 Å². The van der Waals surface area contributed by atoms with E-state index < -0.39 is 11.5 Å². The van der Waals surface area contributed by atoms with Gasteiger partial charge in [0.25, 0.3) is 5.91 Å². The van der Waals surface area contributed by atoms with Crippen LogP contribution >= 0.6 is 0 Å². The lowest BCUT2D eigenvalue weighted by atomic mass is 9.91. The zero-order valence-electron chi connectivity index (χ0n) is 13.5. The molecule has 1 atom stereocenters. The van der Waals surface area contributed by atoms with Crippen LogP contribution in [0.1, 0.15) is 36.5 Å². The van der Waals surface area contributed by atoms with Gasteiger partial charge in [-0.25, -0.2) is 0 Å². The standard InChI is InChI=1S/C17H24N2O3/c1-12-5-6-15(13(2)9-12)10-18-16(21)17(22)7-4-8-19(11-17)14(3)20/h5-6,9,22H,4,7-8,10-11H2,1-3H3,(H,18,21). The van der Waals surface area contributed by atoms with Crippen molar-refractivity contribution in [2.75, 3.05) is 13.1 Å². The number of amides is 2. The average Bonchev–Trinajstić information content (AvgIpc) is 2.46. The summed E-state index contributed by atoms with van der Waals surface area (Å²) in [6.07, 6.45) is 1.02. The third kappa shape index (κ3) is 3.65. The van der Waals surface area contributed by atoms with Crippen LogP contribution < -0.4 is 5.32 Å². The first kappa shape index (κ1) is 16.5. The highest BCUT2D eigenvalue weighted by Crippen LogP contribution is 2.22. The number of hydrogen-bond acceptors (Lipinski definition) is 3. The van der Waals surface area contributed by atoms with Crippen LogP contribution in [0.25, 0.3) is 0 Å². The number of likely N-dealkylation sites (tertiary alicyclic amines) is 1. The summed E-state index contributed by atoms with van der Waals surface area (Å²) in [5.41, 5.74) is 1.83. The van der Waals surface area contributed by atoms with Crippen LogP contribution in [0.15, 0.2) is 18.2 Å². The van der Waals surface area contributed by atoms with Crippen molar-refractivity contribution in [2.45, 2.75) is 45.8 Å². The van der Waals surface area contributed by atoms with E-state index in [0.717, 1.165) is 11.1 Å². The monoisotopic (exact) mass is 304 g/mol. The SMILES string of the molecule is CC(=O)N1CCCC(O)(C(=O)NCc2ccc(C)cc2C)C1. The Balaban J connectivity index is 2.00. The zero-order valence-corrected chi connectivity index (χ0v) is 13.5. The van der Waals surface area contributed by atoms with Gasteiger partial charge in [0.2, 0.25) is 5.91 Å². The number of aryl methyl sites for hydroxylation is 2. The molecule has 22 heavy (non-hydrogen) atoms. The molecule has 0 radical (unpaired) electrons. The Morgan fingerprint density at radius 1 is 1.36 bits per heavy atom. The van der Waals surface area contributed by atoms with Crippen molar-refractivity contribution < 1.29 is 14.7 Å². The quantitative estimate of drug-likeness (QED) is 0.884. The minimum atomic E-state index is -1.48. The smallest absolute Gasteiger partial charge is 0.254 e. The van der Waals surface area contributed by atoms with Crippen molar-refractivity contribution in [2.24, 2.45) is 0 Å². The fourth-order valence-corrected chi connectivity index (χ4v) is 2.87. The summed E-state index contributed by atoms with van der Waals surface area (Å²) in [4.78, 5) is 25.3. The van der Waals surface area contributed by atoms with Gasteiger partial charge in [-0.15, -0.1) is 0 Å². The molecule has 5 nitrogen and oxygen atoms in total. The largest absolute Gasteiger partial charge is 0.378 e. The predicted molar refractivity (Wildman–Crippen MR) is 84.2 cm³/mol. The van der Waals surface area contributed by atoms with Gasteiger partial charge in [-0.3, -0.25) is 9.59 Å². The Morgan fingerprint density at radius 2 is 2.09 bits per heavy atom. The van der Waals surface area contributed by atoms with Crippen molar-refractivity contribution in [3.05, 3.63) is 34.9 Å². The van der Waals surface area contributed by atoms with Crippen molar-refractivity contribution in [3.63, 3.8) is 0 Å². The maximum Gasteiger partial charge on any atom is 0.254 e. The molecule has 1 aromatic rings. The molecule has 1 heterocycles. The van der Waals surface area contributed by atoms with Crippen LogP contribution in [0.3, 0.4) is 0 Å². The average molecular weight is 304 g/mol. The molecule has 2 rings (SSSR count). The van der Waals surface area contributed by atoms with Gasteiger partial charge in [0.1, 0.15) is 0 Å². The second-order valence-electron chi connectivity index (χ2n) is 6.19. The van der Waals surface area contributed by atoms with Gasteiger partial charge in [0.05, 0.1) is 6.54 Å². The summed E-state index contributed by atoms with van der Waals surface area (Å²) in [6.45, 7) is 6.54. The van der Waals surface area contributed by atoms with E-state index in [4.69, 9.17) is 0 Å². The molecular formula is C17H24N2O3. The number of hydrogen-bond donors (Lipinski definition) is 2. The van der Waals surface area contributed by atoms with Crippen molar-refractivity contribution in [1.82, 2.24) is 10.2 Å². The number of carbonyl (C=O) groups excluding carboxylic acids is 2. The van der Waals surface area contributed by atoms with Crippen LogP contribution in [0, 0.1) is 13.8 Å². The Labute approximate surface area is 131 Å². The lowest BCUT2D eigenvalue weighted by Crippen LogP contribution is -2.57. The van der Waals surface area contributed by atoms with Crippen molar-refractivity contribution in [3.8, 4) is 0 Å². The minimum Gasteiger partial charge on any atom is -0.378 e. The molecule has 1 unspecified atom stereocenters. The van der Waals surface area contributed by atoms with Crippen molar-refractivity contribution in [1.29, 1.82) is 0 Å². The second-order valence-corrected chi connectivity index (χ2v) is 6.19. The summed E-state index contributed by atoms with van der Waals surface area (Å²) >= 11 is 0. The number of carbonyl (C=O) groups is 2. The van der Waals surface area contributed by atoms with Gasteiger partial charge in [-0.2, -0.15) is 0 Å². The molecule has 1 fully saturated rings. The molecule has 1 saturated heterocycles. The lowest BCUT2D eigenvalue weighted by Gasteiger charge is -2.37. The van der Waals surface area contributed by atoms with Crippen molar-refractivity contribution >= 4 is 11.8 Å².